The van der Waals surface area contributed by atoms with Crippen LogP contribution in [0.3, 0.4) is 0 Å². The highest BCUT2D eigenvalue weighted by atomic mass is 32.2. The van der Waals surface area contributed by atoms with Gasteiger partial charge in [-0.05, 0) is 6.92 Å². The monoisotopic (exact) mass is 325 g/mol. The maximum absolute atomic E-state index is 11.8. The van der Waals surface area contributed by atoms with Crippen molar-refractivity contribution in [2.75, 3.05) is 17.3 Å². The zero-order valence-electron chi connectivity index (χ0n) is 11.8. The smallest absolute Gasteiger partial charge is 0.180 e. The van der Waals surface area contributed by atoms with E-state index in [1.807, 2.05) is 20.0 Å². The Morgan fingerprint density at radius 1 is 1.57 bits per heavy atom. The molecule has 9 heteroatoms. The lowest BCUT2D eigenvalue weighted by atomic mass is 10.2. The van der Waals surface area contributed by atoms with Gasteiger partial charge in [-0.25, -0.2) is 8.42 Å². The Bertz CT molecular complexity index is 827. The number of aryl methyl sites for hydroxylation is 1. The van der Waals surface area contributed by atoms with Crippen molar-refractivity contribution in [1.29, 1.82) is 5.26 Å². The molecule has 2 aromatic heterocycles. The van der Waals surface area contributed by atoms with Crippen molar-refractivity contribution < 1.29 is 8.42 Å². The molecule has 0 fully saturated rings. The summed E-state index contributed by atoms with van der Waals surface area (Å²) in [5, 5.41) is 16.5. The van der Waals surface area contributed by atoms with Crippen LogP contribution in [0.25, 0.3) is 0 Å². The predicted octanol–water partition coefficient (Wildman–Crippen LogP) is 1.26. The normalized spacial score (nSPS) is 11.3. The van der Waals surface area contributed by atoms with Gasteiger partial charge in [0, 0.05) is 31.1 Å². The molecule has 0 spiro atoms. The number of nitriles is 1. The summed E-state index contributed by atoms with van der Waals surface area (Å²) in [6.45, 7) is 2.33. The number of hydrogen-bond donors (Lipinski definition) is 2. The van der Waals surface area contributed by atoms with Crippen LogP contribution < -0.4 is 11.1 Å². The van der Waals surface area contributed by atoms with Gasteiger partial charge in [-0.15, -0.1) is 11.3 Å². The molecule has 0 saturated carbocycles. The first kappa shape index (κ1) is 15.3. The number of nitrogens with two attached hydrogens (primary N) is 1. The van der Waals surface area contributed by atoms with E-state index in [4.69, 9.17) is 11.0 Å². The van der Waals surface area contributed by atoms with Crippen molar-refractivity contribution in [3.63, 3.8) is 0 Å². The van der Waals surface area contributed by atoms with Gasteiger partial charge in [-0.1, -0.05) is 0 Å². The average molecular weight is 325 g/mol. The summed E-state index contributed by atoms with van der Waals surface area (Å²) in [7, 11) is -1.68. The molecule has 0 radical (unpaired) electrons. The Hall–Kier alpha value is -2.05. The Balaban J connectivity index is 2.37. The molecule has 0 aromatic carbocycles. The van der Waals surface area contributed by atoms with Gasteiger partial charge in [0.15, 0.2) is 9.84 Å². The highest BCUT2D eigenvalue weighted by molar-refractivity contribution is 7.91. The molecule has 0 aliphatic rings. The summed E-state index contributed by atoms with van der Waals surface area (Å²) >= 11 is 1.04. The van der Waals surface area contributed by atoms with Gasteiger partial charge in [-0.3, -0.25) is 4.68 Å². The molecule has 0 unspecified atom stereocenters. The van der Waals surface area contributed by atoms with Crippen molar-refractivity contribution >= 4 is 31.9 Å². The fraction of sp³-hybridized carbons (Fsp3) is 0.333. The van der Waals surface area contributed by atoms with Gasteiger partial charge in [0.1, 0.15) is 20.8 Å². The zero-order valence-corrected chi connectivity index (χ0v) is 13.5. The van der Waals surface area contributed by atoms with Gasteiger partial charge < -0.3 is 11.1 Å². The minimum atomic E-state index is -3.51. The molecule has 0 bridgehead atoms. The average Bonchev–Trinajstić information content (AvgIpc) is 2.88. The summed E-state index contributed by atoms with van der Waals surface area (Å²) in [6, 6.07) is 1.91. The molecular formula is C12H15N5O2S2. The van der Waals surface area contributed by atoms with E-state index in [2.05, 4.69) is 10.4 Å². The van der Waals surface area contributed by atoms with Crippen LogP contribution in [0.4, 0.5) is 10.7 Å². The minimum absolute atomic E-state index is 0.00871. The molecule has 0 atom stereocenters. The Morgan fingerprint density at radius 3 is 2.71 bits per heavy atom. The van der Waals surface area contributed by atoms with Crippen LogP contribution in [0.2, 0.25) is 0 Å². The number of anilines is 2. The van der Waals surface area contributed by atoms with Crippen LogP contribution in [0.5, 0.6) is 0 Å². The summed E-state index contributed by atoms with van der Waals surface area (Å²) in [5.41, 5.74) is 7.69. The molecule has 2 aromatic rings. The lowest BCUT2D eigenvalue weighted by Crippen LogP contribution is -2.06. The van der Waals surface area contributed by atoms with E-state index in [1.165, 1.54) is 0 Å². The van der Waals surface area contributed by atoms with Crippen molar-refractivity contribution in [3.05, 3.63) is 22.3 Å². The van der Waals surface area contributed by atoms with E-state index in [1.54, 1.807) is 10.9 Å². The lowest BCUT2D eigenvalue weighted by Gasteiger charge is -2.06. The van der Waals surface area contributed by atoms with Crippen LogP contribution in [0.15, 0.2) is 11.1 Å². The Labute approximate surface area is 126 Å². The molecule has 0 saturated heterocycles. The van der Waals surface area contributed by atoms with Crippen LogP contribution in [0.1, 0.15) is 16.1 Å². The third-order valence-electron chi connectivity index (χ3n) is 3.15. The Kier molecular flexibility index (Phi) is 3.93. The number of nitrogens with one attached hydrogen (secondary N) is 1. The van der Waals surface area contributed by atoms with E-state index in [-0.39, 0.29) is 15.5 Å². The summed E-state index contributed by atoms with van der Waals surface area (Å²) in [4.78, 5) is 0.187. The Morgan fingerprint density at radius 2 is 2.24 bits per heavy atom. The number of aromatic nitrogens is 2. The largest absolute Gasteiger partial charge is 0.396 e. The molecule has 0 amide bonds. The van der Waals surface area contributed by atoms with E-state index in [0.717, 1.165) is 28.8 Å². The van der Waals surface area contributed by atoms with Gasteiger partial charge in [-0.2, -0.15) is 10.4 Å². The maximum Gasteiger partial charge on any atom is 0.180 e. The van der Waals surface area contributed by atoms with Crippen LogP contribution in [-0.4, -0.2) is 24.5 Å². The second kappa shape index (κ2) is 5.38. The van der Waals surface area contributed by atoms with E-state index >= 15 is 0 Å². The minimum Gasteiger partial charge on any atom is -0.396 e. The molecule has 2 rings (SSSR count). The second-order valence-corrected chi connectivity index (χ2v) is 7.59. The van der Waals surface area contributed by atoms with E-state index < -0.39 is 9.84 Å². The lowest BCUT2D eigenvalue weighted by molar-refractivity contribution is 0.603. The number of rotatable bonds is 4. The topological polar surface area (TPSA) is 114 Å². The summed E-state index contributed by atoms with van der Waals surface area (Å²) < 4.78 is 25.4. The maximum atomic E-state index is 11.8. The predicted molar refractivity (Wildman–Crippen MR) is 81.8 cm³/mol. The van der Waals surface area contributed by atoms with Crippen LogP contribution in [0, 0.1) is 18.3 Å². The van der Waals surface area contributed by atoms with Gasteiger partial charge in [0.2, 0.25) is 0 Å². The standard InChI is InChI=1S/C12H15N5O2S2/c1-7-8(6-16-17(7)2)5-15-12-11(21(3,18)19)10(14)9(4-13)20-12/h6,15H,5,14H2,1-3H3. The molecule has 0 aliphatic carbocycles. The fourth-order valence-electron chi connectivity index (χ4n) is 1.89. The molecule has 21 heavy (non-hydrogen) atoms. The van der Waals surface area contributed by atoms with Crippen LogP contribution in [-0.2, 0) is 23.4 Å². The number of hydrogen-bond acceptors (Lipinski definition) is 7. The van der Waals surface area contributed by atoms with Crippen LogP contribution >= 0.6 is 11.3 Å². The first-order valence-corrected chi connectivity index (χ1v) is 8.70. The third kappa shape index (κ3) is 2.86. The van der Waals surface area contributed by atoms with Crippen molar-refractivity contribution in [2.24, 2.45) is 7.05 Å². The molecular weight excluding hydrogens is 310 g/mol. The first-order valence-electron chi connectivity index (χ1n) is 5.99. The quantitative estimate of drug-likeness (QED) is 0.874. The summed E-state index contributed by atoms with van der Waals surface area (Å²) in [5.74, 6) is 0. The van der Waals surface area contributed by atoms with E-state index in [9.17, 15) is 8.42 Å². The SMILES string of the molecule is Cc1c(CNc2sc(C#N)c(N)c2S(C)(=O)=O)cnn1C. The van der Waals surface area contributed by atoms with Crippen molar-refractivity contribution in [1.82, 2.24) is 9.78 Å². The fourth-order valence-corrected chi connectivity index (χ4v) is 4.25. The molecule has 2 heterocycles. The van der Waals surface area contributed by atoms with Gasteiger partial charge in [0.25, 0.3) is 0 Å². The van der Waals surface area contributed by atoms with Gasteiger partial charge >= 0.3 is 0 Å². The third-order valence-corrected chi connectivity index (χ3v) is 5.51. The number of nitrogen functional groups attached to an aromatic ring is 1. The van der Waals surface area contributed by atoms with Crippen molar-refractivity contribution in [3.8, 4) is 6.07 Å². The molecule has 7 nitrogen and oxygen atoms in total. The summed E-state index contributed by atoms with van der Waals surface area (Å²) in [6.07, 6.45) is 2.79. The number of sulfone groups is 1. The number of nitrogens with zero attached hydrogens (tertiary/aromatic N) is 3. The number of thiophene rings is 1. The first-order chi connectivity index (χ1) is 9.75. The van der Waals surface area contributed by atoms with E-state index in [0.29, 0.717) is 11.5 Å². The van der Waals surface area contributed by atoms with Gasteiger partial charge in [0.05, 0.1) is 11.9 Å². The molecule has 3 N–H and O–H groups in total. The molecule has 0 aliphatic heterocycles. The zero-order chi connectivity index (χ0) is 15.8. The highest BCUT2D eigenvalue weighted by Gasteiger charge is 2.24. The highest BCUT2D eigenvalue weighted by Crippen LogP contribution is 2.38. The van der Waals surface area contributed by atoms with Crippen molar-refractivity contribution in [2.45, 2.75) is 18.4 Å². The molecule has 112 valence electrons. The second-order valence-electron chi connectivity index (χ2n) is 4.62.